The molecule has 1 aromatic carbocycles. The molecule has 1 aliphatic carbocycles. The highest BCUT2D eigenvalue weighted by Crippen LogP contribution is 2.41. The molecule has 0 spiro atoms. The van der Waals surface area contributed by atoms with Crippen LogP contribution in [0.5, 0.6) is 0 Å². The lowest BCUT2D eigenvalue weighted by Crippen LogP contribution is -2.46. The zero-order chi connectivity index (χ0) is 14.5. The molecule has 3 heteroatoms. The number of hydrogen-bond acceptors (Lipinski definition) is 2. The number of hydrogen-bond donors (Lipinski definition) is 2. The molecular formula is C18H26N2O. The van der Waals surface area contributed by atoms with Crippen LogP contribution in [0.15, 0.2) is 30.3 Å². The van der Waals surface area contributed by atoms with E-state index in [1.807, 2.05) is 18.2 Å². The maximum atomic E-state index is 12.9. The van der Waals surface area contributed by atoms with Gasteiger partial charge in [-0.2, -0.15) is 0 Å². The molecule has 3 nitrogen and oxygen atoms in total. The Kier molecular flexibility index (Phi) is 4.59. The van der Waals surface area contributed by atoms with Gasteiger partial charge in [-0.1, -0.05) is 43.2 Å². The van der Waals surface area contributed by atoms with Gasteiger partial charge in [0.05, 0.1) is 5.41 Å². The lowest BCUT2D eigenvalue weighted by molar-refractivity contribution is -0.126. The molecule has 1 unspecified atom stereocenters. The first-order chi connectivity index (χ1) is 10.3. The summed E-state index contributed by atoms with van der Waals surface area (Å²) < 4.78 is 0. The molecule has 1 heterocycles. The van der Waals surface area contributed by atoms with Crippen molar-refractivity contribution in [3.8, 4) is 0 Å². The summed E-state index contributed by atoms with van der Waals surface area (Å²) in [7, 11) is 0. The smallest absolute Gasteiger partial charge is 0.230 e. The summed E-state index contributed by atoms with van der Waals surface area (Å²) in [6.45, 7) is 2.98. The van der Waals surface area contributed by atoms with Crippen molar-refractivity contribution < 1.29 is 4.79 Å². The molecule has 2 fully saturated rings. The van der Waals surface area contributed by atoms with E-state index in [-0.39, 0.29) is 11.3 Å². The van der Waals surface area contributed by atoms with E-state index in [1.165, 1.54) is 18.4 Å². The summed E-state index contributed by atoms with van der Waals surface area (Å²) in [6, 6.07) is 10.4. The Morgan fingerprint density at radius 3 is 2.62 bits per heavy atom. The minimum atomic E-state index is -0.274. The molecule has 2 N–H and O–H groups in total. The average Bonchev–Trinajstić information content (AvgIpc) is 3.05. The number of benzene rings is 1. The highest BCUT2D eigenvalue weighted by Gasteiger charge is 2.42. The van der Waals surface area contributed by atoms with Gasteiger partial charge in [0.2, 0.25) is 5.91 Å². The van der Waals surface area contributed by atoms with Crippen LogP contribution in [0.4, 0.5) is 0 Å². The summed E-state index contributed by atoms with van der Waals surface area (Å²) in [5, 5.41) is 6.67. The highest BCUT2D eigenvalue weighted by molar-refractivity contribution is 5.88. The number of amides is 1. The van der Waals surface area contributed by atoms with Crippen molar-refractivity contribution in [1.82, 2.24) is 10.6 Å². The SMILES string of the molecule is O=C(NCC1CCCNC1)C1(c2ccccc2)CCCC1. The molecule has 1 aliphatic heterocycles. The fraction of sp³-hybridized carbons (Fsp3) is 0.611. The van der Waals surface area contributed by atoms with Gasteiger partial charge in [0.1, 0.15) is 0 Å². The fourth-order valence-electron chi connectivity index (χ4n) is 3.89. The third-order valence-corrected chi connectivity index (χ3v) is 5.17. The van der Waals surface area contributed by atoms with Crippen LogP contribution >= 0.6 is 0 Å². The van der Waals surface area contributed by atoms with Crippen molar-refractivity contribution in [2.45, 2.75) is 43.9 Å². The topological polar surface area (TPSA) is 41.1 Å². The van der Waals surface area contributed by atoms with Crippen LogP contribution in [-0.4, -0.2) is 25.5 Å². The van der Waals surface area contributed by atoms with Crippen molar-refractivity contribution in [1.29, 1.82) is 0 Å². The van der Waals surface area contributed by atoms with E-state index < -0.39 is 0 Å². The van der Waals surface area contributed by atoms with Crippen LogP contribution in [0.2, 0.25) is 0 Å². The second kappa shape index (κ2) is 6.61. The van der Waals surface area contributed by atoms with Crippen molar-refractivity contribution in [3.63, 3.8) is 0 Å². The molecule has 0 radical (unpaired) electrons. The fourth-order valence-corrected chi connectivity index (χ4v) is 3.89. The third-order valence-electron chi connectivity index (χ3n) is 5.17. The molecule has 1 amide bonds. The molecule has 0 aromatic heterocycles. The van der Waals surface area contributed by atoms with Gasteiger partial charge in [0.15, 0.2) is 0 Å². The third kappa shape index (κ3) is 3.13. The first kappa shape index (κ1) is 14.6. The number of rotatable bonds is 4. The quantitative estimate of drug-likeness (QED) is 0.893. The Morgan fingerprint density at radius 2 is 1.95 bits per heavy atom. The van der Waals surface area contributed by atoms with Crippen molar-refractivity contribution >= 4 is 5.91 Å². The van der Waals surface area contributed by atoms with E-state index in [2.05, 4.69) is 22.8 Å². The van der Waals surface area contributed by atoms with Gasteiger partial charge in [-0.25, -0.2) is 0 Å². The van der Waals surface area contributed by atoms with E-state index in [0.29, 0.717) is 5.92 Å². The summed E-state index contributed by atoms with van der Waals surface area (Å²) in [5.41, 5.74) is 0.922. The standard InChI is InChI=1S/C18H26N2O/c21-17(20-14-15-7-6-12-19-13-15)18(10-4-5-11-18)16-8-2-1-3-9-16/h1-3,8-9,15,19H,4-7,10-14H2,(H,20,21). The number of piperidine rings is 1. The highest BCUT2D eigenvalue weighted by atomic mass is 16.2. The number of nitrogens with one attached hydrogen (secondary N) is 2. The molecular weight excluding hydrogens is 260 g/mol. The molecule has 114 valence electrons. The monoisotopic (exact) mass is 286 g/mol. The lowest BCUT2D eigenvalue weighted by atomic mass is 9.78. The number of carbonyl (C=O) groups is 1. The summed E-state index contributed by atoms with van der Waals surface area (Å²) in [5.74, 6) is 0.841. The molecule has 0 bridgehead atoms. The van der Waals surface area contributed by atoms with Crippen LogP contribution in [0, 0.1) is 5.92 Å². The van der Waals surface area contributed by atoms with Crippen molar-refractivity contribution in [2.24, 2.45) is 5.92 Å². The molecule has 1 aromatic rings. The van der Waals surface area contributed by atoms with Gasteiger partial charge in [-0.3, -0.25) is 4.79 Å². The van der Waals surface area contributed by atoms with Crippen molar-refractivity contribution in [2.75, 3.05) is 19.6 Å². The van der Waals surface area contributed by atoms with Crippen molar-refractivity contribution in [3.05, 3.63) is 35.9 Å². The molecule has 1 saturated heterocycles. The van der Waals surface area contributed by atoms with Gasteiger partial charge in [-0.15, -0.1) is 0 Å². The Labute approximate surface area is 127 Å². The van der Waals surface area contributed by atoms with E-state index in [9.17, 15) is 4.79 Å². The molecule has 1 atom stereocenters. The number of carbonyl (C=O) groups excluding carboxylic acids is 1. The second-order valence-electron chi connectivity index (χ2n) is 6.58. The van der Waals surface area contributed by atoms with E-state index >= 15 is 0 Å². The van der Waals surface area contributed by atoms with Crippen LogP contribution < -0.4 is 10.6 Å². The molecule has 2 aliphatic rings. The minimum absolute atomic E-state index is 0.247. The summed E-state index contributed by atoms with van der Waals surface area (Å²) >= 11 is 0. The zero-order valence-electron chi connectivity index (χ0n) is 12.7. The van der Waals surface area contributed by atoms with Gasteiger partial charge in [0, 0.05) is 6.54 Å². The normalized spacial score (nSPS) is 24.7. The van der Waals surface area contributed by atoms with Crippen LogP contribution in [-0.2, 0) is 10.2 Å². The molecule has 21 heavy (non-hydrogen) atoms. The maximum Gasteiger partial charge on any atom is 0.230 e. The van der Waals surface area contributed by atoms with E-state index in [4.69, 9.17) is 0 Å². The maximum absolute atomic E-state index is 12.9. The Balaban J connectivity index is 1.67. The lowest BCUT2D eigenvalue weighted by Gasteiger charge is -2.30. The summed E-state index contributed by atoms with van der Waals surface area (Å²) in [4.78, 5) is 12.9. The molecule has 1 saturated carbocycles. The molecule has 3 rings (SSSR count). The Bertz CT molecular complexity index is 459. The first-order valence-corrected chi connectivity index (χ1v) is 8.36. The van der Waals surface area contributed by atoms with Crippen LogP contribution in [0.1, 0.15) is 44.1 Å². The van der Waals surface area contributed by atoms with Gasteiger partial charge in [0.25, 0.3) is 0 Å². The predicted molar refractivity (Wildman–Crippen MR) is 85.2 cm³/mol. The van der Waals surface area contributed by atoms with E-state index in [0.717, 1.165) is 45.3 Å². The summed E-state index contributed by atoms with van der Waals surface area (Å²) in [6.07, 6.45) is 6.76. The van der Waals surface area contributed by atoms with Gasteiger partial charge in [-0.05, 0) is 50.3 Å². The average molecular weight is 286 g/mol. The minimum Gasteiger partial charge on any atom is -0.355 e. The Hall–Kier alpha value is -1.35. The van der Waals surface area contributed by atoms with Crippen LogP contribution in [0.25, 0.3) is 0 Å². The Morgan fingerprint density at radius 1 is 1.19 bits per heavy atom. The van der Waals surface area contributed by atoms with Gasteiger partial charge >= 0.3 is 0 Å². The largest absolute Gasteiger partial charge is 0.355 e. The van der Waals surface area contributed by atoms with Gasteiger partial charge < -0.3 is 10.6 Å². The van der Waals surface area contributed by atoms with Crippen LogP contribution in [0.3, 0.4) is 0 Å². The first-order valence-electron chi connectivity index (χ1n) is 8.36. The predicted octanol–water partition coefficient (Wildman–Crippen LogP) is 2.61. The second-order valence-corrected chi connectivity index (χ2v) is 6.58. The zero-order valence-corrected chi connectivity index (χ0v) is 12.7. The van der Waals surface area contributed by atoms with E-state index in [1.54, 1.807) is 0 Å².